The maximum absolute atomic E-state index is 11.5. The normalized spacial score (nSPS) is 15.2. The van der Waals surface area contributed by atoms with E-state index in [1.165, 1.54) is 0 Å². The first-order chi connectivity index (χ1) is 5.60. The van der Waals surface area contributed by atoms with Crippen LogP contribution >= 0.6 is 0 Å². The van der Waals surface area contributed by atoms with Crippen LogP contribution in [0.3, 0.4) is 0 Å². The lowest BCUT2D eigenvalue weighted by atomic mass is 9.95. The molecule has 0 fully saturated rings. The molecule has 0 heterocycles. The molecule has 0 bridgehead atoms. The van der Waals surface area contributed by atoms with E-state index in [4.69, 9.17) is 4.74 Å². The molecule has 2 heteroatoms. The van der Waals surface area contributed by atoms with Gasteiger partial charge >= 0.3 is 0 Å². The number of carbonyl (C=O) groups excluding carboxylic acids is 1. The first-order valence-corrected chi connectivity index (χ1v) is 4.38. The van der Waals surface area contributed by atoms with Gasteiger partial charge in [0.1, 0.15) is 5.60 Å². The molecule has 0 aromatic carbocycles. The topological polar surface area (TPSA) is 26.3 Å². The third-order valence-corrected chi connectivity index (χ3v) is 2.06. The number of hydrogen-bond donors (Lipinski definition) is 0. The van der Waals surface area contributed by atoms with Gasteiger partial charge in [0, 0.05) is 13.0 Å². The van der Waals surface area contributed by atoms with Crippen molar-refractivity contribution in [1.82, 2.24) is 0 Å². The largest absolute Gasteiger partial charge is 0.368 e. The molecular weight excluding hydrogens is 152 g/mol. The lowest BCUT2D eigenvalue weighted by Gasteiger charge is -2.25. The second kappa shape index (κ2) is 5.09. The van der Waals surface area contributed by atoms with Gasteiger partial charge in [0.2, 0.25) is 0 Å². The van der Waals surface area contributed by atoms with E-state index in [-0.39, 0.29) is 5.78 Å². The van der Waals surface area contributed by atoms with Crippen molar-refractivity contribution in [2.75, 3.05) is 6.61 Å². The Kier molecular flexibility index (Phi) is 4.83. The minimum Gasteiger partial charge on any atom is -0.368 e. The fraction of sp³-hybridized carbons (Fsp3) is 0.700. The van der Waals surface area contributed by atoms with E-state index in [0.29, 0.717) is 19.4 Å². The van der Waals surface area contributed by atoms with Crippen LogP contribution in [0.2, 0.25) is 0 Å². The minimum atomic E-state index is -0.608. The van der Waals surface area contributed by atoms with E-state index in [1.807, 2.05) is 20.8 Å². The Morgan fingerprint density at radius 1 is 1.58 bits per heavy atom. The molecule has 0 saturated heterocycles. The van der Waals surface area contributed by atoms with Gasteiger partial charge in [0.25, 0.3) is 0 Å². The monoisotopic (exact) mass is 170 g/mol. The highest BCUT2D eigenvalue weighted by molar-refractivity contribution is 5.87. The molecule has 0 aliphatic heterocycles. The molecule has 1 atom stereocenters. The smallest absolute Gasteiger partial charge is 0.168 e. The molecule has 0 spiro atoms. The van der Waals surface area contributed by atoms with E-state index in [1.54, 1.807) is 6.08 Å². The van der Waals surface area contributed by atoms with Gasteiger partial charge in [-0.3, -0.25) is 4.79 Å². The van der Waals surface area contributed by atoms with Crippen molar-refractivity contribution in [1.29, 1.82) is 0 Å². The average molecular weight is 170 g/mol. The van der Waals surface area contributed by atoms with Gasteiger partial charge < -0.3 is 4.74 Å². The predicted octanol–water partition coefficient (Wildman–Crippen LogP) is 2.34. The van der Waals surface area contributed by atoms with Crippen LogP contribution in [0.25, 0.3) is 0 Å². The quantitative estimate of drug-likeness (QED) is 0.572. The van der Waals surface area contributed by atoms with Gasteiger partial charge in [-0.05, 0) is 20.3 Å². The summed E-state index contributed by atoms with van der Waals surface area (Å²) in [7, 11) is 0. The predicted molar refractivity (Wildman–Crippen MR) is 50.1 cm³/mol. The number of allylic oxidation sites excluding steroid dienone is 1. The van der Waals surface area contributed by atoms with Crippen molar-refractivity contribution >= 4 is 5.78 Å². The summed E-state index contributed by atoms with van der Waals surface area (Å²) in [5, 5.41) is 0. The van der Waals surface area contributed by atoms with Gasteiger partial charge in [-0.25, -0.2) is 0 Å². The Balaban J connectivity index is 4.28. The van der Waals surface area contributed by atoms with E-state index in [2.05, 4.69) is 6.58 Å². The van der Waals surface area contributed by atoms with Crippen LogP contribution in [-0.4, -0.2) is 18.0 Å². The van der Waals surface area contributed by atoms with Gasteiger partial charge in [-0.2, -0.15) is 0 Å². The minimum absolute atomic E-state index is 0.113. The highest BCUT2D eigenvalue weighted by Gasteiger charge is 2.29. The molecule has 0 radical (unpaired) electrons. The molecule has 0 aliphatic rings. The summed E-state index contributed by atoms with van der Waals surface area (Å²) < 4.78 is 5.40. The number of ketones is 1. The maximum Gasteiger partial charge on any atom is 0.168 e. The highest BCUT2D eigenvalue weighted by Crippen LogP contribution is 2.18. The second-order valence-corrected chi connectivity index (χ2v) is 2.93. The molecule has 2 nitrogen and oxygen atoms in total. The van der Waals surface area contributed by atoms with Crippen molar-refractivity contribution in [3.05, 3.63) is 12.7 Å². The molecular formula is C10H18O2. The summed E-state index contributed by atoms with van der Waals surface area (Å²) in [6.07, 6.45) is 2.73. The summed E-state index contributed by atoms with van der Waals surface area (Å²) in [4.78, 5) is 11.5. The number of hydrogen-bond acceptors (Lipinski definition) is 2. The van der Waals surface area contributed by atoms with Crippen LogP contribution in [0.5, 0.6) is 0 Å². The van der Waals surface area contributed by atoms with E-state index < -0.39 is 5.60 Å². The number of rotatable bonds is 6. The Hall–Kier alpha value is -0.630. The van der Waals surface area contributed by atoms with Gasteiger partial charge in [0.15, 0.2) is 5.78 Å². The van der Waals surface area contributed by atoms with Crippen LogP contribution in [-0.2, 0) is 9.53 Å². The SMILES string of the molecule is C=CCC(=O)C(C)(CC)OCC. The van der Waals surface area contributed by atoms with Crippen molar-refractivity contribution in [3.63, 3.8) is 0 Å². The summed E-state index contributed by atoms with van der Waals surface area (Å²) in [6.45, 7) is 9.80. The number of ether oxygens (including phenoxy) is 1. The highest BCUT2D eigenvalue weighted by atomic mass is 16.5. The first kappa shape index (κ1) is 11.4. The van der Waals surface area contributed by atoms with Gasteiger partial charge in [-0.15, -0.1) is 6.58 Å². The third kappa shape index (κ3) is 2.78. The summed E-state index contributed by atoms with van der Waals surface area (Å²) in [6, 6.07) is 0. The number of Topliss-reactive ketones (excluding diaryl/α,β-unsaturated/α-hetero) is 1. The molecule has 0 aromatic rings. The van der Waals surface area contributed by atoms with Gasteiger partial charge in [-0.1, -0.05) is 13.0 Å². The van der Waals surface area contributed by atoms with Crippen LogP contribution in [0.1, 0.15) is 33.6 Å². The fourth-order valence-corrected chi connectivity index (χ4v) is 1.05. The van der Waals surface area contributed by atoms with Crippen molar-refractivity contribution < 1.29 is 9.53 Å². The lowest BCUT2D eigenvalue weighted by Crippen LogP contribution is -2.37. The summed E-state index contributed by atoms with van der Waals surface area (Å²) in [5.41, 5.74) is -0.608. The Bertz CT molecular complexity index is 163. The Morgan fingerprint density at radius 2 is 2.17 bits per heavy atom. The number of carbonyl (C=O) groups is 1. The zero-order chi connectivity index (χ0) is 9.61. The van der Waals surface area contributed by atoms with E-state index in [9.17, 15) is 4.79 Å². The lowest BCUT2D eigenvalue weighted by molar-refractivity contribution is -0.141. The molecule has 70 valence electrons. The molecule has 0 N–H and O–H groups in total. The standard InChI is InChI=1S/C10H18O2/c1-5-8-9(11)10(4,6-2)12-7-3/h5H,1,6-8H2,2-4H3. The third-order valence-electron chi connectivity index (χ3n) is 2.06. The molecule has 0 aromatic heterocycles. The zero-order valence-electron chi connectivity index (χ0n) is 8.22. The molecule has 0 aliphatic carbocycles. The first-order valence-electron chi connectivity index (χ1n) is 4.38. The second-order valence-electron chi connectivity index (χ2n) is 2.93. The van der Waals surface area contributed by atoms with E-state index >= 15 is 0 Å². The fourth-order valence-electron chi connectivity index (χ4n) is 1.05. The van der Waals surface area contributed by atoms with Crippen molar-refractivity contribution in [3.8, 4) is 0 Å². The molecule has 0 rings (SSSR count). The Labute approximate surface area is 74.6 Å². The van der Waals surface area contributed by atoms with Gasteiger partial charge in [0.05, 0.1) is 0 Å². The van der Waals surface area contributed by atoms with Crippen LogP contribution in [0, 0.1) is 0 Å². The average Bonchev–Trinajstić information content (AvgIpc) is 2.05. The van der Waals surface area contributed by atoms with Crippen LogP contribution in [0.15, 0.2) is 12.7 Å². The zero-order valence-corrected chi connectivity index (χ0v) is 8.22. The molecule has 12 heavy (non-hydrogen) atoms. The van der Waals surface area contributed by atoms with Crippen molar-refractivity contribution in [2.45, 2.75) is 39.2 Å². The maximum atomic E-state index is 11.5. The summed E-state index contributed by atoms with van der Waals surface area (Å²) >= 11 is 0. The molecule has 1 unspecified atom stereocenters. The van der Waals surface area contributed by atoms with Crippen molar-refractivity contribution in [2.24, 2.45) is 0 Å². The van der Waals surface area contributed by atoms with Crippen LogP contribution in [0.4, 0.5) is 0 Å². The molecule has 0 amide bonds. The summed E-state index contributed by atoms with van der Waals surface area (Å²) in [5.74, 6) is 0.113. The Morgan fingerprint density at radius 3 is 2.50 bits per heavy atom. The molecule has 0 saturated carbocycles. The van der Waals surface area contributed by atoms with E-state index in [0.717, 1.165) is 0 Å². The van der Waals surface area contributed by atoms with Crippen LogP contribution < -0.4 is 0 Å².